The standard InChI is InChI=1S/C12H15N3O4/c1-13(2)12(17)7-14(3)10-5-4-9(8-16)6-11(10)15(18)19/h4-6,8H,7H2,1-3H3. The summed E-state index contributed by atoms with van der Waals surface area (Å²) in [5.41, 5.74) is 0.326. The topological polar surface area (TPSA) is 83.8 Å². The van der Waals surface area contributed by atoms with Crippen LogP contribution in [0.25, 0.3) is 0 Å². The molecule has 0 saturated heterocycles. The van der Waals surface area contributed by atoms with E-state index in [1.807, 2.05) is 0 Å². The molecule has 1 rings (SSSR count). The highest BCUT2D eigenvalue weighted by molar-refractivity contribution is 5.84. The molecular formula is C12H15N3O4. The summed E-state index contributed by atoms with van der Waals surface area (Å²) >= 11 is 0. The van der Waals surface area contributed by atoms with Crippen LogP contribution in [0.4, 0.5) is 11.4 Å². The molecule has 19 heavy (non-hydrogen) atoms. The van der Waals surface area contributed by atoms with Crippen LogP contribution >= 0.6 is 0 Å². The summed E-state index contributed by atoms with van der Waals surface area (Å²) in [7, 11) is 4.81. The fourth-order valence-corrected chi connectivity index (χ4v) is 1.51. The molecule has 0 aliphatic heterocycles. The smallest absolute Gasteiger partial charge is 0.293 e. The molecule has 0 radical (unpaired) electrons. The number of nitro benzene ring substituents is 1. The van der Waals surface area contributed by atoms with Gasteiger partial charge >= 0.3 is 0 Å². The van der Waals surface area contributed by atoms with Crippen molar-refractivity contribution in [2.24, 2.45) is 0 Å². The molecule has 0 saturated carbocycles. The van der Waals surface area contributed by atoms with Crippen LogP contribution in [0, 0.1) is 10.1 Å². The van der Waals surface area contributed by atoms with E-state index >= 15 is 0 Å². The first-order valence-electron chi connectivity index (χ1n) is 5.51. The largest absolute Gasteiger partial charge is 0.360 e. The highest BCUT2D eigenvalue weighted by Gasteiger charge is 2.19. The second-order valence-corrected chi connectivity index (χ2v) is 4.27. The number of carbonyl (C=O) groups is 2. The van der Waals surface area contributed by atoms with E-state index in [1.165, 1.54) is 28.0 Å². The van der Waals surface area contributed by atoms with Gasteiger partial charge in [-0.3, -0.25) is 19.7 Å². The lowest BCUT2D eigenvalue weighted by atomic mass is 10.1. The van der Waals surface area contributed by atoms with Crippen molar-refractivity contribution in [1.29, 1.82) is 0 Å². The summed E-state index contributed by atoms with van der Waals surface area (Å²) in [6, 6.07) is 4.13. The third-order valence-corrected chi connectivity index (χ3v) is 2.61. The van der Waals surface area contributed by atoms with E-state index in [9.17, 15) is 19.7 Å². The Morgan fingerprint density at radius 1 is 1.37 bits per heavy atom. The Bertz CT molecular complexity index is 514. The van der Waals surface area contributed by atoms with Crippen LogP contribution in [0.5, 0.6) is 0 Å². The maximum absolute atomic E-state index is 11.6. The van der Waals surface area contributed by atoms with E-state index < -0.39 is 4.92 Å². The van der Waals surface area contributed by atoms with E-state index in [0.717, 1.165) is 0 Å². The van der Waals surface area contributed by atoms with E-state index in [0.29, 0.717) is 12.0 Å². The Kier molecular flexibility index (Phi) is 4.57. The van der Waals surface area contributed by atoms with E-state index in [4.69, 9.17) is 0 Å². The number of nitrogens with zero attached hydrogens (tertiary/aromatic N) is 3. The molecule has 0 fully saturated rings. The summed E-state index contributed by atoms with van der Waals surface area (Å²) < 4.78 is 0. The zero-order valence-corrected chi connectivity index (χ0v) is 11.0. The predicted octanol–water partition coefficient (Wildman–Crippen LogP) is 0.932. The summed E-state index contributed by atoms with van der Waals surface area (Å²) in [5.74, 6) is -0.170. The minimum absolute atomic E-state index is 0.0221. The monoisotopic (exact) mass is 265 g/mol. The van der Waals surface area contributed by atoms with E-state index in [1.54, 1.807) is 21.1 Å². The van der Waals surface area contributed by atoms with Gasteiger partial charge in [-0.1, -0.05) is 0 Å². The van der Waals surface area contributed by atoms with Crippen LogP contribution in [-0.2, 0) is 4.79 Å². The predicted molar refractivity (Wildman–Crippen MR) is 70.4 cm³/mol. The first-order valence-corrected chi connectivity index (χ1v) is 5.51. The second kappa shape index (κ2) is 5.94. The maximum atomic E-state index is 11.6. The lowest BCUT2D eigenvalue weighted by molar-refractivity contribution is -0.384. The molecular weight excluding hydrogens is 250 g/mol. The number of likely N-dealkylation sites (N-methyl/N-ethyl adjacent to an activating group) is 2. The number of hydrogen-bond donors (Lipinski definition) is 0. The highest BCUT2D eigenvalue weighted by Crippen LogP contribution is 2.27. The van der Waals surface area contributed by atoms with Gasteiger partial charge < -0.3 is 9.80 Å². The fraction of sp³-hybridized carbons (Fsp3) is 0.333. The summed E-state index contributed by atoms with van der Waals surface area (Å²) in [6.45, 7) is 0.0221. The lowest BCUT2D eigenvalue weighted by Crippen LogP contribution is -2.34. The number of carbonyl (C=O) groups excluding carboxylic acids is 2. The van der Waals surface area contributed by atoms with Crippen molar-refractivity contribution in [3.63, 3.8) is 0 Å². The van der Waals surface area contributed by atoms with Crippen LogP contribution in [0.1, 0.15) is 10.4 Å². The molecule has 0 atom stereocenters. The SMILES string of the molecule is CN(C)C(=O)CN(C)c1ccc(C=O)cc1[N+](=O)[O-]. The van der Waals surface area contributed by atoms with Crippen LogP contribution < -0.4 is 4.90 Å². The third-order valence-electron chi connectivity index (χ3n) is 2.61. The Morgan fingerprint density at radius 3 is 2.47 bits per heavy atom. The van der Waals surface area contributed by atoms with Crippen molar-refractivity contribution in [3.8, 4) is 0 Å². The molecule has 0 aliphatic rings. The van der Waals surface area contributed by atoms with Crippen molar-refractivity contribution >= 4 is 23.6 Å². The van der Waals surface area contributed by atoms with Crippen molar-refractivity contribution in [2.75, 3.05) is 32.6 Å². The number of nitro groups is 1. The molecule has 0 unspecified atom stereocenters. The summed E-state index contributed by atoms with van der Waals surface area (Å²) in [6.07, 6.45) is 0.543. The van der Waals surface area contributed by atoms with Gasteiger partial charge in [-0.15, -0.1) is 0 Å². The highest BCUT2D eigenvalue weighted by atomic mass is 16.6. The summed E-state index contributed by atoms with van der Waals surface area (Å²) in [5, 5.41) is 11.0. The number of anilines is 1. The van der Waals surface area contributed by atoms with Crippen molar-refractivity contribution < 1.29 is 14.5 Å². The van der Waals surface area contributed by atoms with Crippen molar-refractivity contribution in [3.05, 3.63) is 33.9 Å². The molecule has 0 spiro atoms. The van der Waals surface area contributed by atoms with Crippen LogP contribution in [0.3, 0.4) is 0 Å². The van der Waals surface area contributed by atoms with Gasteiger partial charge in [0.25, 0.3) is 5.69 Å². The number of benzene rings is 1. The summed E-state index contributed by atoms with van der Waals surface area (Å²) in [4.78, 5) is 35.5. The van der Waals surface area contributed by atoms with Crippen LogP contribution in [0.15, 0.2) is 18.2 Å². The Balaban J connectivity index is 3.08. The average molecular weight is 265 g/mol. The van der Waals surface area contributed by atoms with Crippen LogP contribution in [0.2, 0.25) is 0 Å². The molecule has 1 amide bonds. The van der Waals surface area contributed by atoms with Gasteiger partial charge in [-0.2, -0.15) is 0 Å². The number of aldehydes is 1. The fourth-order valence-electron chi connectivity index (χ4n) is 1.51. The van der Waals surface area contributed by atoms with Crippen molar-refractivity contribution in [2.45, 2.75) is 0 Å². The van der Waals surface area contributed by atoms with Gasteiger partial charge in [0.15, 0.2) is 0 Å². The minimum Gasteiger partial charge on any atom is -0.360 e. The van der Waals surface area contributed by atoms with Gasteiger partial charge in [0.2, 0.25) is 5.91 Å². The van der Waals surface area contributed by atoms with Crippen LogP contribution in [-0.4, -0.2) is 49.7 Å². The molecule has 7 nitrogen and oxygen atoms in total. The Hall–Kier alpha value is -2.44. The van der Waals surface area contributed by atoms with Gasteiger partial charge in [0, 0.05) is 32.8 Å². The molecule has 7 heteroatoms. The Labute approximate surface area is 110 Å². The van der Waals surface area contributed by atoms with Gasteiger partial charge in [-0.05, 0) is 12.1 Å². The second-order valence-electron chi connectivity index (χ2n) is 4.27. The maximum Gasteiger partial charge on any atom is 0.293 e. The molecule has 0 aromatic heterocycles. The number of amides is 1. The van der Waals surface area contributed by atoms with Gasteiger partial charge in [0.1, 0.15) is 12.0 Å². The Morgan fingerprint density at radius 2 is 2.00 bits per heavy atom. The van der Waals surface area contributed by atoms with Gasteiger partial charge in [-0.25, -0.2) is 0 Å². The minimum atomic E-state index is -0.570. The molecule has 0 aliphatic carbocycles. The molecule has 1 aromatic carbocycles. The van der Waals surface area contributed by atoms with E-state index in [2.05, 4.69) is 0 Å². The molecule has 1 aromatic rings. The van der Waals surface area contributed by atoms with Gasteiger partial charge in [0.05, 0.1) is 11.5 Å². The first kappa shape index (κ1) is 14.6. The third kappa shape index (κ3) is 3.51. The first-order chi connectivity index (χ1) is 8.86. The zero-order chi connectivity index (χ0) is 14.6. The number of rotatable bonds is 5. The molecule has 0 N–H and O–H groups in total. The van der Waals surface area contributed by atoms with Crippen molar-refractivity contribution in [1.82, 2.24) is 4.90 Å². The molecule has 0 heterocycles. The number of hydrogen-bond acceptors (Lipinski definition) is 5. The lowest BCUT2D eigenvalue weighted by Gasteiger charge is -2.20. The zero-order valence-electron chi connectivity index (χ0n) is 11.0. The molecule has 0 bridgehead atoms. The quantitative estimate of drug-likeness (QED) is 0.449. The van der Waals surface area contributed by atoms with E-state index in [-0.39, 0.29) is 23.7 Å². The average Bonchev–Trinajstić information content (AvgIpc) is 2.37. The molecule has 102 valence electrons. The normalized spacial score (nSPS) is 9.84.